The number of hydrogen-bond acceptors (Lipinski definition) is 4. The van der Waals surface area contributed by atoms with Crippen LogP contribution < -0.4 is 5.32 Å². The number of pyridine rings is 1. The van der Waals surface area contributed by atoms with Crippen molar-refractivity contribution in [2.45, 2.75) is 52.0 Å². The molecule has 0 aliphatic heterocycles. The predicted octanol–water partition coefficient (Wildman–Crippen LogP) is 4.14. The molecule has 21 heavy (non-hydrogen) atoms. The van der Waals surface area contributed by atoms with E-state index in [4.69, 9.17) is 4.98 Å². The van der Waals surface area contributed by atoms with E-state index in [1.165, 1.54) is 52.4 Å². The molecule has 2 aromatic heterocycles. The molecule has 0 amide bonds. The molecule has 2 heterocycles. The Hall–Kier alpha value is -1.26. The lowest BCUT2D eigenvalue weighted by atomic mass is 9.97. The highest BCUT2D eigenvalue weighted by atomic mass is 32.1. The summed E-state index contributed by atoms with van der Waals surface area (Å²) in [5.41, 5.74) is 3.86. The van der Waals surface area contributed by atoms with E-state index in [2.05, 4.69) is 30.2 Å². The molecule has 1 N–H and O–H groups in total. The first-order chi connectivity index (χ1) is 10.3. The van der Waals surface area contributed by atoms with Crippen molar-refractivity contribution in [3.63, 3.8) is 0 Å². The van der Waals surface area contributed by atoms with Crippen LogP contribution in [0.25, 0.3) is 10.6 Å². The van der Waals surface area contributed by atoms with Gasteiger partial charge in [0.1, 0.15) is 5.01 Å². The molecule has 1 aliphatic carbocycles. The largest absolute Gasteiger partial charge is 0.309 e. The molecule has 0 saturated carbocycles. The quantitative estimate of drug-likeness (QED) is 0.901. The average molecular weight is 301 g/mol. The first kappa shape index (κ1) is 14.7. The SMILES string of the molecule is CCCNC1CCCc2sc(-c3ccncc3CC)nc21. The standard InChI is InChI=1S/C17H23N3S/c1-3-9-19-14-6-5-7-15-16(14)20-17(21-15)13-8-10-18-11-12(13)4-2/h8,10-11,14,19H,3-7,9H2,1-2H3. The Morgan fingerprint density at radius 1 is 1.38 bits per heavy atom. The number of hydrogen-bond donors (Lipinski definition) is 1. The van der Waals surface area contributed by atoms with Gasteiger partial charge in [-0.25, -0.2) is 4.98 Å². The Labute approximate surface area is 130 Å². The molecule has 1 atom stereocenters. The molecule has 112 valence electrons. The van der Waals surface area contributed by atoms with Crippen molar-refractivity contribution in [3.8, 4) is 10.6 Å². The van der Waals surface area contributed by atoms with Crippen molar-refractivity contribution in [2.24, 2.45) is 0 Å². The fourth-order valence-corrected chi connectivity index (χ4v) is 4.19. The lowest BCUT2D eigenvalue weighted by Gasteiger charge is -2.22. The van der Waals surface area contributed by atoms with Crippen LogP contribution in [-0.2, 0) is 12.8 Å². The van der Waals surface area contributed by atoms with Gasteiger partial charge in [-0.05, 0) is 50.3 Å². The molecule has 1 unspecified atom stereocenters. The highest BCUT2D eigenvalue weighted by molar-refractivity contribution is 7.15. The van der Waals surface area contributed by atoms with Crippen LogP contribution in [0.1, 0.15) is 55.3 Å². The van der Waals surface area contributed by atoms with Gasteiger partial charge in [0, 0.05) is 22.8 Å². The third-order valence-corrected chi connectivity index (χ3v) is 5.27. The van der Waals surface area contributed by atoms with Crippen LogP contribution in [0.2, 0.25) is 0 Å². The second kappa shape index (κ2) is 6.67. The smallest absolute Gasteiger partial charge is 0.124 e. The minimum Gasteiger partial charge on any atom is -0.309 e. The summed E-state index contributed by atoms with van der Waals surface area (Å²) < 4.78 is 0. The number of fused-ring (bicyclic) bond motifs is 1. The van der Waals surface area contributed by atoms with Crippen LogP contribution in [0.15, 0.2) is 18.5 Å². The van der Waals surface area contributed by atoms with E-state index in [9.17, 15) is 0 Å². The Morgan fingerprint density at radius 2 is 2.29 bits per heavy atom. The zero-order valence-corrected chi connectivity index (χ0v) is 13.7. The maximum atomic E-state index is 4.99. The third-order valence-electron chi connectivity index (χ3n) is 4.11. The normalized spacial score (nSPS) is 17.7. The Kier molecular flexibility index (Phi) is 4.66. The molecule has 2 aromatic rings. The fraction of sp³-hybridized carbons (Fsp3) is 0.529. The van der Waals surface area contributed by atoms with Crippen LogP contribution in [0.4, 0.5) is 0 Å². The van der Waals surface area contributed by atoms with Gasteiger partial charge < -0.3 is 5.32 Å². The van der Waals surface area contributed by atoms with Gasteiger partial charge in [0.25, 0.3) is 0 Å². The Morgan fingerprint density at radius 3 is 3.10 bits per heavy atom. The summed E-state index contributed by atoms with van der Waals surface area (Å²) in [6, 6.07) is 2.56. The van der Waals surface area contributed by atoms with Gasteiger partial charge in [-0.3, -0.25) is 4.98 Å². The fourth-order valence-electron chi connectivity index (χ4n) is 2.97. The molecule has 1 aliphatic rings. The second-order valence-electron chi connectivity index (χ2n) is 5.61. The lowest BCUT2D eigenvalue weighted by Crippen LogP contribution is -2.25. The van der Waals surface area contributed by atoms with Crippen molar-refractivity contribution < 1.29 is 0 Å². The van der Waals surface area contributed by atoms with Crippen molar-refractivity contribution in [3.05, 3.63) is 34.6 Å². The van der Waals surface area contributed by atoms with E-state index in [-0.39, 0.29) is 0 Å². The summed E-state index contributed by atoms with van der Waals surface area (Å²) in [7, 11) is 0. The average Bonchev–Trinajstić information content (AvgIpc) is 2.97. The molecule has 0 fully saturated rings. The number of nitrogens with zero attached hydrogens (tertiary/aromatic N) is 2. The third kappa shape index (κ3) is 3.01. The molecule has 0 bridgehead atoms. The van der Waals surface area contributed by atoms with Gasteiger partial charge in [-0.2, -0.15) is 0 Å². The molecule has 0 spiro atoms. The minimum atomic E-state index is 0.450. The summed E-state index contributed by atoms with van der Waals surface area (Å²) >= 11 is 1.88. The van der Waals surface area contributed by atoms with E-state index in [1.807, 2.05) is 23.7 Å². The highest BCUT2D eigenvalue weighted by Crippen LogP contribution is 2.37. The number of nitrogens with one attached hydrogen (secondary N) is 1. The second-order valence-corrected chi connectivity index (χ2v) is 6.70. The molecule has 3 nitrogen and oxygen atoms in total. The first-order valence-electron chi connectivity index (χ1n) is 7.99. The maximum Gasteiger partial charge on any atom is 0.124 e. The van der Waals surface area contributed by atoms with Gasteiger partial charge in [0.2, 0.25) is 0 Å². The highest BCUT2D eigenvalue weighted by Gasteiger charge is 2.24. The molecular formula is C17H23N3S. The van der Waals surface area contributed by atoms with Crippen molar-refractivity contribution in [1.29, 1.82) is 0 Å². The molecule has 0 saturated heterocycles. The summed E-state index contributed by atoms with van der Waals surface area (Å²) in [5, 5.41) is 4.82. The van der Waals surface area contributed by atoms with E-state index >= 15 is 0 Å². The van der Waals surface area contributed by atoms with E-state index in [1.54, 1.807) is 0 Å². The van der Waals surface area contributed by atoms with Crippen molar-refractivity contribution in [1.82, 2.24) is 15.3 Å². The van der Waals surface area contributed by atoms with E-state index in [0.717, 1.165) is 13.0 Å². The lowest BCUT2D eigenvalue weighted by molar-refractivity contribution is 0.454. The topological polar surface area (TPSA) is 37.8 Å². The van der Waals surface area contributed by atoms with Crippen LogP contribution in [0.5, 0.6) is 0 Å². The van der Waals surface area contributed by atoms with Crippen molar-refractivity contribution >= 4 is 11.3 Å². The monoisotopic (exact) mass is 301 g/mol. The van der Waals surface area contributed by atoms with Gasteiger partial charge in [-0.15, -0.1) is 11.3 Å². The molecule has 0 aromatic carbocycles. The first-order valence-corrected chi connectivity index (χ1v) is 8.81. The molecule has 4 heteroatoms. The Balaban J connectivity index is 1.94. The number of aryl methyl sites for hydroxylation is 2. The maximum absolute atomic E-state index is 4.99. The van der Waals surface area contributed by atoms with Gasteiger partial charge >= 0.3 is 0 Å². The summed E-state index contributed by atoms with van der Waals surface area (Å²) in [6.45, 7) is 5.47. The van der Waals surface area contributed by atoms with Crippen LogP contribution in [0, 0.1) is 0 Å². The summed E-state index contributed by atoms with van der Waals surface area (Å²) in [6.07, 6.45) is 9.70. The zero-order valence-electron chi connectivity index (χ0n) is 12.9. The predicted molar refractivity (Wildman–Crippen MR) is 88.7 cm³/mol. The summed E-state index contributed by atoms with van der Waals surface area (Å²) in [5.74, 6) is 0. The zero-order chi connectivity index (χ0) is 14.7. The molecule has 3 rings (SSSR count). The summed E-state index contributed by atoms with van der Waals surface area (Å²) in [4.78, 5) is 10.7. The van der Waals surface area contributed by atoms with Crippen LogP contribution in [0.3, 0.4) is 0 Å². The Bertz CT molecular complexity index is 606. The number of rotatable bonds is 5. The van der Waals surface area contributed by atoms with Crippen molar-refractivity contribution in [2.75, 3.05) is 6.54 Å². The van der Waals surface area contributed by atoms with Crippen LogP contribution >= 0.6 is 11.3 Å². The minimum absolute atomic E-state index is 0.450. The molecule has 0 radical (unpaired) electrons. The number of thiazole rings is 1. The van der Waals surface area contributed by atoms with Gasteiger partial charge in [0.05, 0.1) is 11.7 Å². The molecular weight excluding hydrogens is 278 g/mol. The van der Waals surface area contributed by atoms with E-state index in [0.29, 0.717) is 6.04 Å². The van der Waals surface area contributed by atoms with Crippen LogP contribution in [-0.4, -0.2) is 16.5 Å². The van der Waals surface area contributed by atoms with E-state index < -0.39 is 0 Å². The van der Waals surface area contributed by atoms with Gasteiger partial charge in [0.15, 0.2) is 0 Å². The van der Waals surface area contributed by atoms with Gasteiger partial charge in [-0.1, -0.05) is 13.8 Å². The number of aromatic nitrogens is 2.